The second kappa shape index (κ2) is 20.9. The number of esters is 1. The Labute approximate surface area is 410 Å². The molecule has 20 nitrogen and oxygen atoms in total. The predicted molar refractivity (Wildman–Crippen MR) is 245 cm³/mol. The fourth-order valence-corrected chi connectivity index (χ4v) is 15.2. The van der Waals surface area contributed by atoms with E-state index >= 15 is 0 Å². The van der Waals surface area contributed by atoms with Crippen LogP contribution in [0, 0.1) is 45.3 Å². The Balaban J connectivity index is 1.17. The normalized spacial score (nSPS) is 51.0. The number of aliphatic hydroxyl groups is 12. The summed E-state index contributed by atoms with van der Waals surface area (Å²) in [5.74, 6) is -1.45. The molecule has 0 aromatic heterocycles. The van der Waals surface area contributed by atoms with Gasteiger partial charge in [0.15, 0.2) is 18.9 Å². The highest BCUT2D eigenvalue weighted by molar-refractivity contribution is 5.65. The number of carbonyl (C=O) groups excluding carboxylic acids is 1. The van der Waals surface area contributed by atoms with Gasteiger partial charge >= 0.3 is 5.97 Å². The quantitative estimate of drug-likeness (QED) is 0.0594. The van der Waals surface area contributed by atoms with E-state index < -0.39 is 158 Å². The topological polar surface area (TPSA) is 324 Å². The van der Waals surface area contributed by atoms with Crippen molar-refractivity contribution in [3.63, 3.8) is 0 Å². The van der Waals surface area contributed by atoms with Crippen LogP contribution in [0.1, 0.15) is 114 Å². The van der Waals surface area contributed by atoms with Crippen molar-refractivity contribution in [2.24, 2.45) is 45.3 Å². The summed E-state index contributed by atoms with van der Waals surface area (Å²) in [7, 11) is 0. The maximum atomic E-state index is 12.8. The van der Waals surface area contributed by atoms with Crippen molar-refractivity contribution < 1.29 is 99.2 Å². The minimum atomic E-state index is -1.87. The lowest BCUT2D eigenvalue weighted by molar-refractivity contribution is -0.382. The first kappa shape index (κ1) is 56.2. The van der Waals surface area contributed by atoms with Crippen LogP contribution in [-0.4, -0.2) is 203 Å². The summed E-state index contributed by atoms with van der Waals surface area (Å²) in [4.78, 5) is 11.6. The number of fused-ring (bicyclic) bond motifs is 5. The van der Waals surface area contributed by atoms with Crippen LogP contribution in [0.15, 0.2) is 11.6 Å². The van der Waals surface area contributed by atoms with Crippen LogP contribution in [0.3, 0.4) is 0 Å². The summed E-state index contributed by atoms with van der Waals surface area (Å²) in [6, 6.07) is 0. The fraction of sp³-hybridized carbons (Fsp3) is 0.940. The van der Waals surface area contributed by atoms with E-state index in [-0.39, 0.29) is 29.1 Å². The second-order valence-corrected chi connectivity index (χ2v) is 23.7. The molecule has 4 saturated carbocycles. The van der Waals surface area contributed by atoms with E-state index in [1.165, 1.54) is 0 Å². The van der Waals surface area contributed by atoms with Crippen molar-refractivity contribution >= 4 is 5.97 Å². The molecule has 0 radical (unpaired) electrons. The summed E-state index contributed by atoms with van der Waals surface area (Å²) < 4.78 is 42.4. The number of ether oxygens (including phenoxy) is 7. The Morgan fingerprint density at radius 3 is 1.79 bits per heavy atom. The Bertz CT molecular complexity index is 1830. The molecule has 0 amide bonds. The molecule has 3 heterocycles. The standard InChI is InChI=1S/C50H84O20/c1-22(2)11-10-14-50(9,70-45-41(38(61)34(57)28(20-52)66-45)68-43-39(62)37(60)35(58)29(67-43)21-64-23(3)53)24-12-15-49(8)32(24)25(54)17-31-47(6)18-26(55)42(46(4,5)30(47)13-16-48(31,49)7)69-44-40(63)36(59)33(56)27(19-51)65-44/h11,24-45,51-52,54-63H,10,12-21H2,1-9H3. The lowest BCUT2D eigenvalue weighted by Gasteiger charge is -2.71. The van der Waals surface area contributed by atoms with Crippen LogP contribution >= 0.6 is 0 Å². The highest BCUT2D eigenvalue weighted by Gasteiger charge is 2.73. The van der Waals surface area contributed by atoms with Gasteiger partial charge in [-0.2, -0.15) is 0 Å². The van der Waals surface area contributed by atoms with Crippen LogP contribution in [0.5, 0.6) is 0 Å². The molecule has 3 saturated heterocycles. The van der Waals surface area contributed by atoms with E-state index in [0.29, 0.717) is 38.5 Å². The van der Waals surface area contributed by atoms with Gasteiger partial charge in [0, 0.05) is 6.92 Å². The molecule has 404 valence electrons. The molecule has 70 heavy (non-hydrogen) atoms. The molecule has 3 aliphatic heterocycles. The third kappa shape index (κ3) is 9.70. The Kier molecular flexibility index (Phi) is 16.8. The van der Waals surface area contributed by atoms with Crippen molar-refractivity contribution in [2.75, 3.05) is 19.8 Å². The molecular weight excluding hydrogens is 921 g/mol. The van der Waals surface area contributed by atoms with E-state index in [1.54, 1.807) is 0 Å². The zero-order valence-corrected chi connectivity index (χ0v) is 42.2. The van der Waals surface area contributed by atoms with Crippen LogP contribution in [0.25, 0.3) is 0 Å². The smallest absolute Gasteiger partial charge is 0.302 e. The van der Waals surface area contributed by atoms with Crippen LogP contribution in [0.4, 0.5) is 0 Å². The number of aliphatic hydroxyl groups excluding tert-OH is 12. The summed E-state index contributed by atoms with van der Waals surface area (Å²) >= 11 is 0. The summed E-state index contributed by atoms with van der Waals surface area (Å²) in [6.07, 6.45) is -20.0. The Morgan fingerprint density at radius 1 is 0.657 bits per heavy atom. The van der Waals surface area contributed by atoms with Crippen molar-refractivity contribution in [3.05, 3.63) is 11.6 Å². The largest absolute Gasteiger partial charge is 0.463 e. The van der Waals surface area contributed by atoms with E-state index in [9.17, 15) is 66.1 Å². The van der Waals surface area contributed by atoms with Gasteiger partial charge in [0.1, 0.15) is 79.9 Å². The van der Waals surface area contributed by atoms with Crippen LogP contribution < -0.4 is 0 Å². The molecule has 26 unspecified atom stereocenters. The van der Waals surface area contributed by atoms with E-state index in [1.807, 2.05) is 34.6 Å². The van der Waals surface area contributed by atoms with E-state index in [2.05, 4.69) is 26.8 Å². The molecule has 12 N–H and O–H groups in total. The maximum absolute atomic E-state index is 12.8. The molecule has 0 aromatic carbocycles. The fourth-order valence-electron chi connectivity index (χ4n) is 15.2. The average molecular weight is 1010 g/mol. The molecule has 26 atom stereocenters. The summed E-state index contributed by atoms with van der Waals surface area (Å²) in [6.45, 7) is 16.0. The Morgan fingerprint density at radius 2 is 1.20 bits per heavy atom. The minimum Gasteiger partial charge on any atom is -0.463 e. The summed E-state index contributed by atoms with van der Waals surface area (Å²) in [5.41, 5.74) is -2.13. The second-order valence-electron chi connectivity index (χ2n) is 23.7. The zero-order chi connectivity index (χ0) is 51.8. The Hall–Kier alpha value is -1.51. The lowest BCUT2D eigenvalue weighted by Crippen LogP contribution is -2.69. The molecule has 7 aliphatic rings. The highest BCUT2D eigenvalue weighted by Crippen LogP contribution is 2.76. The number of allylic oxidation sites excluding steroid dienone is 2. The monoisotopic (exact) mass is 1000 g/mol. The zero-order valence-electron chi connectivity index (χ0n) is 42.2. The van der Waals surface area contributed by atoms with Crippen LogP contribution in [0.2, 0.25) is 0 Å². The van der Waals surface area contributed by atoms with E-state index in [0.717, 1.165) is 25.3 Å². The number of hydrogen-bond acceptors (Lipinski definition) is 20. The number of carbonyl (C=O) groups is 1. The van der Waals surface area contributed by atoms with Gasteiger partial charge in [-0.05, 0) is 117 Å². The highest BCUT2D eigenvalue weighted by atomic mass is 16.8. The first-order chi connectivity index (χ1) is 32.6. The van der Waals surface area contributed by atoms with Crippen molar-refractivity contribution in [2.45, 2.75) is 230 Å². The molecule has 0 bridgehead atoms. The van der Waals surface area contributed by atoms with Crippen LogP contribution in [-0.2, 0) is 38.0 Å². The van der Waals surface area contributed by atoms with Crippen molar-refractivity contribution in [1.29, 1.82) is 0 Å². The van der Waals surface area contributed by atoms with Gasteiger partial charge in [0.05, 0.1) is 37.1 Å². The predicted octanol–water partition coefficient (Wildman–Crippen LogP) is -0.485. The minimum absolute atomic E-state index is 0.0341. The van der Waals surface area contributed by atoms with Gasteiger partial charge in [-0.3, -0.25) is 4.79 Å². The molecule has 0 aromatic rings. The molecule has 20 heteroatoms. The lowest BCUT2D eigenvalue weighted by atomic mass is 9.35. The molecule has 7 fully saturated rings. The molecule has 7 rings (SSSR count). The van der Waals surface area contributed by atoms with Crippen molar-refractivity contribution in [3.8, 4) is 0 Å². The van der Waals surface area contributed by atoms with Crippen molar-refractivity contribution in [1.82, 2.24) is 0 Å². The van der Waals surface area contributed by atoms with Gasteiger partial charge < -0.3 is 94.4 Å². The van der Waals surface area contributed by atoms with Gasteiger partial charge in [0.25, 0.3) is 0 Å². The first-order valence-corrected chi connectivity index (χ1v) is 25.4. The van der Waals surface area contributed by atoms with Gasteiger partial charge in [0.2, 0.25) is 0 Å². The third-order valence-electron chi connectivity index (χ3n) is 19.0. The average Bonchev–Trinajstić information content (AvgIpc) is 3.68. The summed E-state index contributed by atoms with van der Waals surface area (Å²) in [5, 5.41) is 132. The molecule has 0 spiro atoms. The molecule has 4 aliphatic carbocycles. The van der Waals surface area contributed by atoms with E-state index in [4.69, 9.17) is 33.2 Å². The SMILES string of the molecule is CC(=O)OCC1OC(OC2C(OC(C)(CCC=C(C)C)C3CCC4(C)C3C(O)CC3C5(C)CC(O)C(OC6OC(CO)C(O)C(O)C6O)C(C)(C)C5CCC34C)OC(CO)C(O)C2O)C(O)C(O)C1O. The first-order valence-electron chi connectivity index (χ1n) is 25.4. The third-order valence-corrected chi connectivity index (χ3v) is 19.0. The van der Waals surface area contributed by atoms with Gasteiger partial charge in [-0.1, -0.05) is 46.3 Å². The number of rotatable bonds is 14. The van der Waals surface area contributed by atoms with Gasteiger partial charge in [-0.15, -0.1) is 0 Å². The number of hydrogen-bond donors (Lipinski definition) is 12. The maximum Gasteiger partial charge on any atom is 0.302 e. The van der Waals surface area contributed by atoms with Gasteiger partial charge in [-0.25, -0.2) is 0 Å². The molecular formula is C50H84O20.